The van der Waals surface area contributed by atoms with Gasteiger partial charge in [-0.3, -0.25) is 24.0 Å². The van der Waals surface area contributed by atoms with Crippen molar-refractivity contribution in [3.8, 4) is 0 Å². The number of carboxylic acid groups (broad SMARTS) is 3. The van der Waals surface area contributed by atoms with E-state index < -0.39 is 72.1 Å². The molecular weight excluding hydrogens is 480 g/mol. The number of nitrogens with two attached hydrogens (primary N) is 1. The smallest absolute Gasteiger partial charge is 0.326 e. The molecule has 3 amide bonds. The van der Waals surface area contributed by atoms with Gasteiger partial charge in [0.05, 0.1) is 18.8 Å². The standard InChI is InChI=1S/C21H32N6O9/c1-3-10(2)17(27-18(32)12(22)4-5-15(28)29)20(34)25-13(7-16(30)31)19(33)26-14(21(35)36)6-11-8-23-9-24-11/h8-10,12-14,17H,3-7,22H2,1-2H3,(H,23,24)(H,25,34)(H,26,33)(H,27,32)(H,28,29)(H,30,31)(H,35,36). The zero-order valence-electron chi connectivity index (χ0n) is 19.9. The third-order valence-electron chi connectivity index (χ3n) is 5.40. The number of hydrogen-bond acceptors (Lipinski definition) is 8. The van der Waals surface area contributed by atoms with Crippen molar-refractivity contribution in [1.82, 2.24) is 25.9 Å². The van der Waals surface area contributed by atoms with Gasteiger partial charge in [-0.05, 0) is 12.3 Å². The van der Waals surface area contributed by atoms with Crippen LogP contribution < -0.4 is 21.7 Å². The highest BCUT2D eigenvalue weighted by Crippen LogP contribution is 2.10. The summed E-state index contributed by atoms with van der Waals surface area (Å²) in [6.07, 6.45) is 1.52. The number of amides is 3. The molecule has 0 spiro atoms. The maximum atomic E-state index is 13.0. The van der Waals surface area contributed by atoms with Crippen molar-refractivity contribution >= 4 is 35.6 Å². The fourth-order valence-electron chi connectivity index (χ4n) is 3.11. The molecule has 0 radical (unpaired) electrons. The van der Waals surface area contributed by atoms with Gasteiger partial charge in [-0.2, -0.15) is 0 Å². The lowest BCUT2D eigenvalue weighted by Gasteiger charge is -2.27. The van der Waals surface area contributed by atoms with E-state index in [4.69, 9.17) is 10.8 Å². The molecule has 0 fully saturated rings. The fraction of sp³-hybridized carbons (Fsp3) is 0.571. The van der Waals surface area contributed by atoms with E-state index in [1.165, 1.54) is 12.5 Å². The molecule has 0 aliphatic rings. The zero-order chi connectivity index (χ0) is 27.4. The summed E-state index contributed by atoms with van der Waals surface area (Å²) < 4.78 is 0. The molecule has 5 unspecified atom stereocenters. The van der Waals surface area contributed by atoms with Gasteiger partial charge in [-0.1, -0.05) is 20.3 Å². The van der Waals surface area contributed by atoms with Crippen LogP contribution in [-0.2, 0) is 35.2 Å². The Bertz CT molecular complexity index is 936. The summed E-state index contributed by atoms with van der Waals surface area (Å²) in [4.78, 5) is 78.2. The van der Waals surface area contributed by atoms with Gasteiger partial charge in [-0.15, -0.1) is 0 Å². The van der Waals surface area contributed by atoms with E-state index >= 15 is 0 Å². The van der Waals surface area contributed by atoms with Crippen molar-refractivity contribution in [3.05, 3.63) is 18.2 Å². The first-order valence-corrected chi connectivity index (χ1v) is 11.2. The highest BCUT2D eigenvalue weighted by atomic mass is 16.4. The van der Waals surface area contributed by atoms with E-state index in [2.05, 4.69) is 25.9 Å². The van der Waals surface area contributed by atoms with Crippen LogP contribution in [0.5, 0.6) is 0 Å². The first kappa shape index (κ1) is 30.0. The normalized spacial score (nSPS) is 15.0. The lowest BCUT2D eigenvalue weighted by molar-refractivity contribution is -0.144. The second kappa shape index (κ2) is 14.4. The number of aromatic nitrogens is 2. The van der Waals surface area contributed by atoms with Crippen LogP contribution in [0, 0.1) is 5.92 Å². The van der Waals surface area contributed by atoms with Crippen LogP contribution in [0.25, 0.3) is 0 Å². The molecule has 15 nitrogen and oxygen atoms in total. The first-order valence-electron chi connectivity index (χ1n) is 11.2. The van der Waals surface area contributed by atoms with E-state index in [0.29, 0.717) is 12.1 Å². The summed E-state index contributed by atoms with van der Waals surface area (Å²) in [6.45, 7) is 3.36. The maximum absolute atomic E-state index is 13.0. The molecule has 0 saturated heterocycles. The molecule has 0 saturated carbocycles. The molecule has 15 heteroatoms. The van der Waals surface area contributed by atoms with Crippen LogP contribution in [-0.4, -0.2) is 85.1 Å². The van der Waals surface area contributed by atoms with Crippen molar-refractivity contribution in [2.75, 3.05) is 0 Å². The SMILES string of the molecule is CCC(C)C(NC(=O)C(N)CCC(=O)O)C(=O)NC(CC(=O)O)C(=O)NC(Cc1cnc[nH]1)C(=O)O. The molecule has 5 atom stereocenters. The van der Waals surface area contributed by atoms with Crippen molar-refractivity contribution in [3.63, 3.8) is 0 Å². The Morgan fingerprint density at radius 1 is 0.972 bits per heavy atom. The highest BCUT2D eigenvalue weighted by Gasteiger charge is 2.33. The van der Waals surface area contributed by atoms with Crippen LogP contribution in [0.3, 0.4) is 0 Å². The van der Waals surface area contributed by atoms with Gasteiger partial charge in [-0.25, -0.2) is 9.78 Å². The molecule has 200 valence electrons. The average Bonchev–Trinajstić information content (AvgIpc) is 3.31. The molecule has 1 aromatic heterocycles. The van der Waals surface area contributed by atoms with Crippen LogP contribution >= 0.6 is 0 Å². The van der Waals surface area contributed by atoms with E-state index in [9.17, 15) is 39.0 Å². The Kier molecular flexibility index (Phi) is 12.0. The third-order valence-corrected chi connectivity index (χ3v) is 5.40. The molecule has 0 aromatic carbocycles. The van der Waals surface area contributed by atoms with Crippen molar-refractivity contribution < 1.29 is 44.1 Å². The van der Waals surface area contributed by atoms with Crippen LogP contribution in [0.4, 0.5) is 0 Å². The van der Waals surface area contributed by atoms with Crippen molar-refractivity contribution in [1.29, 1.82) is 0 Å². The summed E-state index contributed by atoms with van der Waals surface area (Å²) in [5.74, 6) is -7.17. The average molecular weight is 513 g/mol. The lowest BCUT2D eigenvalue weighted by atomic mass is 9.97. The van der Waals surface area contributed by atoms with Gasteiger partial charge in [0, 0.05) is 24.7 Å². The number of aliphatic carboxylic acids is 3. The Labute approximate surface area is 206 Å². The number of nitrogens with zero attached hydrogens (tertiary/aromatic N) is 1. The van der Waals surface area contributed by atoms with Gasteiger partial charge in [0.2, 0.25) is 17.7 Å². The molecular formula is C21H32N6O9. The third kappa shape index (κ3) is 10.1. The minimum atomic E-state index is -1.65. The quantitative estimate of drug-likeness (QED) is 0.123. The number of carbonyl (C=O) groups excluding carboxylic acids is 3. The van der Waals surface area contributed by atoms with Gasteiger partial charge in [0.15, 0.2) is 0 Å². The molecule has 36 heavy (non-hydrogen) atoms. The van der Waals surface area contributed by atoms with Gasteiger partial charge in [0.1, 0.15) is 18.1 Å². The lowest BCUT2D eigenvalue weighted by Crippen LogP contribution is -2.59. The van der Waals surface area contributed by atoms with Crippen molar-refractivity contribution in [2.24, 2.45) is 11.7 Å². The van der Waals surface area contributed by atoms with Gasteiger partial charge in [0.25, 0.3) is 0 Å². The largest absolute Gasteiger partial charge is 0.481 e. The maximum Gasteiger partial charge on any atom is 0.326 e. The summed E-state index contributed by atoms with van der Waals surface area (Å²) in [5, 5.41) is 34.3. The second-order valence-electron chi connectivity index (χ2n) is 8.25. The number of rotatable bonds is 16. The number of carbonyl (C=O) groups is 6. The second-order valence-corrected chi connectivity index (χ2v) is 8.25. The Morgan fingerprint density at radius 3 is 2.11 bits per heavy atom. The predicted octanol–water partition coefficient (Wildman–Crippen LogP) is -1.80. The summed E-state index contributed by atoms with van der Waals surface area (Å²) in [5.41, 5.74) is 6.10. The minimum absolute atomic E-state index is 0.172. The zero-order valence-corrected chi connectivity index (χ0v) is 19.9. The Balaban J connectivity index is 2.99. The predicted molar refractivity (Wildman–Crippen MR) is 122 cm³/mol. The summed E-state index contributed by atoms with van der Waals surface area (Å²) in [6, 6.07) is -5.52. The fourth-order valence-corrected chi connectivity index (χ4v) is 3.11. The van der Waals surface area contributed by atoms with Crippen LogP contribution in [0.1, 0.15) is 45.2 Å². The van der Waals surface area contributed by atoms with Crippen LogP contribution in [0.2, 0.25) is 0 Å². The summed E-state index contributed by atoms with van der Waals surface area (Å²) >= 11 is 0. The highest BCUT2D eigenvalue weighted by molar-refractivity contribution is 5.95. The number of aromatic amines is 1. The molecule has 0 aliphatic carbocycles. The van der Waals surface area contributed by atoms with Gasteiger partial charge >= 0.3 is 17.9 Å². The summed E-state index contributed by atoms with van der Waals surface area (Å²) in [7, 11) is 0. The monoisotopic (exact) mass is 512 g/mol. The van der Waals surface area contributed by atoms with E-state index in [0.717, 1.165) is 0 Å². The van der Waals surface area contributed by atoms with E-state index in [1.54, 1.807) is 13.8 Å². The van der Waals surface area contributed by atoms with E-state index in [-0.39, 0.29) is 19.3 Å². The van der Waals surface area contributed by atoms with E-state index in [1.807, 2.05) is 0 Å². The van der Waals surface area contributed by atoms with Crippen molar-refractivity contribution in [2.45, 2.75) is 70.1 Å². The molecule has 9 N–H and O–H groups in total. The van der Waals surface area contributed by atoms with Gasteiger partial charge < -0.3 is 42.0 Å². The molecule has 0 bridgehead atoms. The number of nitrogens with one attached hydrogen (secondary N) is 4. The minimum Gasteiger partial charge on any atom is -0.481 e. The molecule has 1 heterocycles. The Hall–Kier alpha value is -4.01. The molecule has 1 aromatic rings. The molecule has 1 rings (SSSR count). The number of imidazole rings is 1. The topological polar surface area (TPSA) is 254 Å². The Morgan fingerprint density at radius 2 is 1.61 bits per heavy atom. The number of hydrogen-bond donors (Lipinski definition) is 8. The van der Waals surface area contributed by atoms with Crippen LogP contribution in [0.15, 0.2) is 12.5 Å². The number of carboxylic acids is 3. The molecule has 0 aliphatic heterocycles. The number of H-pyrrole nitrogens is 1. The first-order chi connectivity index (χ1) is 16.8.